The summed E-state index contributed by atoms with van der Waals surface area (Å²) in [6.07, 6.45) is 5.07. The molecule has 0 saturated carbocycles. The van der Waals surface area contributed by atoms with Gasteiger partial charge >= 0.3 is 0 Å². The van der Waals surface area contributed by atoms with E-state index >= 15 is 0 Å². The van der Waals surface area contributed by atoms with Gasteiger partial charge in [-0.15, -0.1) is 11.3 Å². The summed E-state index contributed by atoms with van der Waals surface area (Å²) in [6, 6.07) is 10.8. The highest BCUT2D eigenvalue weighted by Crippen LogP contribution is 2.40. The maximum Gasteiger partial charge on any atom is 0.266 e. The molecule has 0 aliphatic carbocycles. The molecule has 2 aliphatic heterocycles. The number of hydrogen-bond donors (Lipinski definition) is 1. The van der Waals surface area contributed by atoms with Crippen LogP contribution in [0.2, 0.25) is 10.0 Å². The third kappa shape index (κ3) is 5.04. The average Bonchev–Trinajstić information content (AvgIpc) is 3.35. The molecular formula is C23H22Cl2FN3O3S2. The molecule has 0 spiro atoms. The van der Waals surface area contributed by atoms with Gasteiger partial charge in [0.25, 0.3) is 10.0 Å². The molecule has 5 rings (SSSR count). The topological polar surface area (TPSA) is 71.5 Å². The summed E-state index contributed by atoms with van der Waals surface area (Å²) in [5.41, 5.74) is 1.18. The molecule has 11 heteroatoms. The number of rotatable bonds is 7. The molecule has 0 amide bonds. The van der Waals surface area contributed by atoms with Crippen molar-refractivity contribution in [2.75, 3.05) is 4.72 Å². The Hall–Kier alpha value is -1.91. The number of thiazole rings is 1. The van der Waals surface area contributed by atoms with Gasteiger partial charge in [0, 0.05) is 41.3 Å². The number of fused-ring (bicyclic) bond motifs is 2. The van der Waals surface area contributed by atoms with E-state index in [1.165, 1.54) is 11.8 Å². The van der Waals surface area contributed by atoms with E-state index in [4.69, 9.17) is 27.9 Å². The third-order valence-electron chi connectivity index (χ3n) is 6.32. The number of anilines is 1. The van der Waals surface area contributed by atoms with Crippen LogP contribution in [0.25, 0.3) is 0 Å². The van der Waals surface area contributed by atoms with Crippen LogP contribution in [0.15, 0.2) is 52.9 Å². The number of benzene rings is 2. The molecule has 3 heterocycles. The van der Waals surface area contributed by atoms with Crippen molar-refractivity contribution in [2.45, 2.75) is 55.3 Å². The molecule has 180 valence electrons. The lowest BCUT2D eigenvalue weighted by Gasteiger charge is -2.39. The number of aromatic nitrogens is 1. The Bertz CT molecular complexity index is 1280. The molecule has 6 nitrogen and oxygen atoms in total. The first kappa shape index (κ1) is 23.8. The zero-order valence-electron chi connectivity index (χ0n) is 18.0. The molecule has 2 saturated heterocycles. The van der Waals surface area contributed by atoms with E-state index in [2.05, 4.69) is 20.7 Å². The molecule has 0 radical (unpaired) electrons. The van der Waals surface area contributed by atoms with Gasteiger partial charge in [-0.2, -0.15) is 0 Å². The first-order valence-corrected chi connectivity index (χ1v) is 14.0. The fraction of sp³-hybridized carbons (Fsp3) is 0.348. The van der Waals surface area contributed by atoms with Gasteiger partial charge in [0.2, 0.25) is 0 Å². The number of halogens is 3. The van der Waals surface area contributed by atoms with Gasteiger partial charge in [0.05, 0.1) is 5.02 Å². The minimum Gasteiger partial charge on any atom is -0.489 e. The number of ether oxygens (including phenoxy) is 1. The largest absolute Gasteiger partial charge is 0.489 e. The van der Waals surface area contributed by atoms with E-state index in [0.717, 1.165) is 60.7 Å². The predicted molar refractivity (Wildman–Crippen MR) is 132 cm³/mol. The summed E-state index contributed by atoms with van der Waals surface area (Å²) >= 11 is 13.6. The Balaban J connectivity index is 1.28. The molecule has 34 heavy (non-hydrogen) atoms. The van der Waals surface area contributed by atoms with E-state index in [1.807, 2.05) is 18.2 Å². The minimum atomic E-state index is -4.17. The summed E-state index contributed by atoms with van der Waals surface area (Å²) in [7, 11) is -4.17. The molecule has 1 aromatic heterocycles. The summed E-state index contributed by atoms with van der Waals surface area (Å²) in [6.45, 7) is 0.830. The second kappa shape index (κ2) is 9.62. The maximum atomic E-state index is 14.8. The summed E-state index contributed by atoms with van der Waals surface area (Å²) < 4.78 is 48.3. The van der Waals surface area contributed by atoms with Gasteiger partial charge in [0.15, 0.2) is 5.13 Å². The molecule has 0 unspecified atom stereocenters. The lowest BCUT2D eigenvalue weighted by molar-refractivity contribution is 0.0444. The van der Waals surface area contributed by atoms with Crippen molar-refractivity contribution in [2.24, 2.45) is 0 Å². The number of nitrogens with zero attached hydrogens (tertiary/aromatic N) is 2. The van der Waals surface area contributed by atoms with E-state index in [0.29, 0.717) is 12.1 Å². The smallest absolute Gasteiger partial charge is 0.266 e. The minimum absolute atomic E-state index is 0.0506. The maximum absolute atomic E-state index is 14.8. The summed E-state index contributed by atoms with van der Waals surface area (Å²) in [4.78, 5) is 5.82. The Kier molecular flexibility index (Phi) is 6.74. The normalized spacial score (nSPS) is 22.6. The van der Waals surface area contributed by atoms with Crippen LogP contribution in [-0.2, 0) is 16.6 Å². The SMILES string of the molecule is O=S(=O)(Nc1nccs1)c1cc(Cl)c(O[C@H]2C[C@H]3CC[C@@H](C2)N3Cc2cccc(Cl)c2)cc1F. The van der Waals surface area contributed by atoms with Crippen molar-refractivity contribution < 1.29 is 17.5 Å². The van der Waals surface area contributed by atoms with Crippen LogP contribution in [0.1, 0.15) is 31.2 Å². The molecule has 2 bridgehead atoms. The highest BCUT2D eigenvalue weighted by atomic mass is 35.5. The molecule has 2 aromatic carbocycles. The Morgan fingerprint density at radius 1 is 1.18 bits per heavy atom. The highest BCUT2D eigenvalue weighted by molar-refractivity contribution is 7.93. The first-order chi connectivity index (χ1) is 16.3. The van der Waals surface area contributed by atoms with Crippen molar-refractivity contribution in [1.82, 2.24) is 9.88 Å². The Morgan fingerprint density at radius 3 is 2.62 bits per heavy atom. The van der Waals surface area contributed by atoms with Crippen LogP contribution in [0, 0.1) is 5.82 Å². The number of hydrogen-bond acceptors (Lipinski definition) is 6. The van der Waals surface area contributed by atoms with Crippen LogP contribution in [0.3, 0.4) is 0 Å². The van der Waals surface area contributed by atoms with Crippen molar-refractivity contribution in [3.8, 4) is 5.75 Å². The standard InChI is InChI=1S/C23H22Cl2FN3O3S2/c24-15-3-1-2-14(8-15)13-29-16-4-5-17(29)10-18(9-16)32-21-12-20(26)22(11-19(21)25)34(30,31)28-23-27-6-7-33-23/h1-3,6-8,11-12,16-18H,4-5,9-10,13H2,(H,27,28)/t16-,17+,18+. The van der Waals surface area contributed by atoms with Gasteiger partial charge in [-0.05, 0) is 49.4 Å². The van der Waals surface area contributed by atoms with E-state index in [-0.39, 0.29) is 22.0 Å². The molecular weight excluding hydrogens is 520 g/mol. The Morgan fingerprint density at radius 2 is 1.94 bits per heavy atom. The van der Waals surface area contributed by atoms with Gasteiger partial charge in [0.1, 0.15) is 22.6 Å². The average molecular weight is 542 g/mol. The monoisotopic (exact) mass is 541 g/mol. The first-order valence-electron chi connectivity index (χ1n) is 10.9. The van der Waals surface area contributed by atoms with Crippen LogP contribution < -0.4 is 9.46 Å². The number of piperidine rings is 1. The fourth-order valence-corrected chi connectivity index (χ4v) is 7.22. The summed E-state index contributed by atoms with van der Waals surface area (Å²) in [5, 5.41) is 2.54. The quantitative estimate of drug-likeness (QED) is 0.399. The second-order valence-corrected chi connectivity index (χ2v) is 11.9. The second-order valence-electron chi connectivity index (χ2n) is 8.55. The van der Waals surface area contributed by atoms with Gasteiger partial charge in [-0.1, -0.05) is 35.3 Å². The van der Waals surface area contributed by atoms with E-state index in [9.17, 15) is 12.8 Å². The Labute approximate surface area is 211 Å². The number of nitrogens with one attached hydrogen (secondary N) is 1. The molecule has 3 aromatic rings. The fourth-order valence-electron chi connectivity index (χ4n) is 4.85. The van der Waals surface area contributed by atoms with Gasteiger partial charge in [-0.3, -0.25) is 9.62 Å². The van der Waals surface area contributed by atoms with Crippen molar-refractivity contribution in [3.63, 3.8) is 0 Å². The van der Waals surface area contributed by atoms with E-state index < -0.39 is 20.7 Å². The van der Waals surface area contributed by atoms with Crippen molar-refractivity contribution in [3.05, 3.63) is 69.4 Å². The summed E-state index contributed by atoms with van der Waals surface area (Å²) in [5.74, 6) is -0.773. The van der Waals surface area contributed by atoms with Crippen molar-refractivity contribution in [1.29, 1.82) is 0 Å². The van der Waals surface area contributed by atoms with Gasteiger partial charge < -0.3 is 4.74 Å². The van der Waals surface area contributed by atoms with Gasteiger partial charge in [-0.25, -0.2) is 17.8 Å². The predicted octanol–water partition coefficient (Wildman–Crippen LogP) is 5.96. The molecule has 2 fully saturated rings. The van der Waals surface area contributed by atoms with Crippen LogP contribution >= 0.6 is 34.5 Å². The van der Waals surface area contributed by atoms with Crippen LogP contribution in [0.4, 0.5) is 9.52 Å². The highest BCUT2D eigenvalue weighted by Gasteiger charge is 2.41. The third-order valence-corrected chi connectivity index (χ3v) is 9.02. The lowest BCUT2D eigenvalue weighted by atomic mass is 9.98. The zero-order chi connectivity index (χ0) is 23.9. The van der Waals surface area contributed by atoms with E-state index in [1.54, 1.807) is 5.38 Å². The lowest BCUT2D eigenvalue weighted by Crippen LogP contribution is -2.45. The van der Waals surface area contributed by atoms with Crippen molar-refractivity contribution >= 4 is 49.7 Å². The zero-order valence-corrected chi connectivity index (χ0v) is 21.1. The molecule has 2 aliphatic rings. The van der Waals surface area contributed by atoms with Crippen LogP contribution in [-0.4, -0.2) is 36.5 Å². The number of sulfonamides is 1. The van der Waals surface area contributed by atoms with Crippen LogP contribution in [0.5, 0.6) is 5.75 Å². The molecule has 3 atom stereocenters. The molecule has 1 N–H and O–H groups in total.